The van der Waals surface area contributed by atoms with Gasteiger partial charge in [0.25, 0.3) is 0 Å². The molecule has 8 heteroatoms. The molecular weight excluding hydrogens is 374 g/mol. The maximum absolute atomic E-state index is 13.0. The van der Waals surface area contributed by atoms with E-state index in [1.54, 1.807) is 0 Å². The number of aliphatic imine (C=N–C) groups is 1. The summed E-state index contributed by atoms with van der Waals surface area (Å²) in [4.78, 5) is 13.1. The van der Waals surface area contributed by atoms with Crippen LogP contribution in [0.2, 0.25) is 0 Å². The molecule has 0 unspecified atom stereocenters. The Balaban J connectivity index is 1.52. The van der Waals surface area contributed by atoms with Crippen LogP contribution < -0.4 is 5.32 Å². The molecule has 1 aromatic heterocycles. The Labute approximate surface area is 170 Å². The Morgan fingerprint density at radius 3 is 2.66 bits per heavy atom. The first-order valence-corrected chi connectivity index (χ1v) is 9.94. The van der Waals surface area contributed by atoms with Crippen LogP contribution in [-0.2, 0) is 6.54 Å². The van der Waals surface area contributed by atoms with Crippen molar-refractivity contribution in [2.45, 2.75) is 20.0 Å². The molecule has 1 N–H and O–H groups in total. The molecule has 0 spiro atoms. The van der Waals surface area contributed by atoms with Gasteiger partial charge in [0.05, 0.1) is 0 Å². The summed E-state index contributed by atoms with van der Waals surface area (Å²) in [6, 6.07) is 10.3. The highest BCUT2D eigenvalue weighted by Crippen LogP contribution is 2.13. The molecule has 0 amide bonds. The number of benzene rings is 1. The smallest absolute Gasteiger partial charge is 0.319 e. The van der Waals surface area contributed by atoms with E-state index in [-0.39, 0.29) is 12.4 Å². The summed E-state index contributed by atoms with van der Waals surface area (Å²) < 4.78 is 26.8. The van der Waals surface area contributed by atoms with E-state index < -0.39 is 6.55 Å². The lowest BCUT2D eigenvalue weighted by atomic mass is 10.2. The molecule has 0 aliphatic carbocycles. The maximum atomic E-state index is 13.0. The Morgan fingerprint density at radius 2 is 1.97 bits per heavy atom. The topological polar surface area (TPSA) is 48.7 Å². The summed E-state index contributed by atoms with van der Waals surface area (Å²) in [6.07, 6.45) is 6.99. The molecule has 0 bridgehead atoms. The van der Waals surface area contributed by atoms with Crippen molar-refractivity contribution in [2.75, 3.05) is 39.3 Å². The highest BCUT2D eigenvalue weighted by molar-refractivity contribution is 5.80. The lowest BCUT2D eigenvalue weighted by Gasteiger charge is -2.36. The monoisotopic (exact) mass is 402 g/mol. The summed E-state index contributed by atoms with van der Waals surface area (Å²) >= 11 is 0. The zero-order valence-corrected chi connectivity index (χ0v) is 16.7. The number of piperazine rings is 1. The third-order valence-electron chi connectivity index (χ3n) is 4.81. The van der Waals surface area contributed by atoms with E-state index in [1.165, 1.54) is 18.0 Å². The molecule has 6 nitrogen and oxygen atoms in total. The quantitative estimate of drug-likeness (QED) is 0.571. The molecule has 29 heavy (non-hydrogen) atoms. The number of aromatic nitrogens is 2. The van der Waals surface area contributed by atoms with Gasteiger partial charge in [0.15, 0.2) is 5.96 Å². The van der Waals surface area contributed by atoms with Crippen LogP contribution in [0.3, 0.4) is 0 Å². The fraction of sp³-hybridized carbons (Fsp3) is 0.429. The van der Waals surface area contributed by atoms with Crippen LogP contribution in [0.25, 0.3) is 6.08 Å². The highest BCUT2D eigenvalue weighted by Gasteiger charge is 2.19. The zero-order chi connectivity index (χ0) is 20.5. The van der Waals surface area contributed by atoms with Gasteiger partial charge in [-0.15, -0.1) is 0 Å². The molecule has 1 aliphatic rings. The second-order valence-corrected chi connectivity index (χ2v) is 6.80. The van der Waals surface area contributed by atoms with Crippen LogP contribution in [0.4, 0.5) is 8.78 Å². The van der Waals surface area contributed by atoms with Gasteiger partial charge in [-0.25, -0.2) is 9.98 Å². The van der Waals surface area contributed by atoms with Gasteiger partial charge in [-0.1, -0.05) is 42.5 Å². The third-order valence-corrected chi connectivity index (χ3v) is 4.81. The number of nitrogens with zero attached hydrogens (tertiary/aromatic N) is 5. The van der Waals surface area contributed by atoms with Crippen LogP contribution in [-0.4, -0.2) is 64.6 Å². The van der Waals surface area contributed by atoms with Gasteiger partial charge in [-0.2, -0.15) is 8.78 Å². The van der Waals surface area contributed by atoms with Crippen molar-refractivity contribution >= 4 is 12.0 Å². The average Bonchev–Trinajstić information content (AvgIpc) is 3.21. The first-order valence-electron chi connectivity index (χ1n) is 9.94. The first kappa shape index (κ1) is 21.0. The van der Waals surface area contributed by atoms with Gasteiger partial charge < -0.3 is 10.2 Å². The molecule has 0 atom stereocenters. The zero-order valence-electron chi connectivity index (χ0n) is 16.7. The lowest BCUT2D eigenvalue weighted by Crippen LogP contribution is -2.52. The van der Waals surface area contributed by atoms with Crippen molar-refractivity contribution < 1.29 is 8.78 Å². The van der Waals surface area contributed by atoms with Crippen LogP contribution in [0.15, 0.2) is 53.8 Å². The number of hydrogen-bond acceptors (Lipinski definition) is 3. The molecule has 1 aliphatic heterocycles. The fourth-order valence-corrected chi connectivity index (χ4v) is 3.26. The average molecular weight is 402 g/mol. The molecule has 2 heterocycles. The SMILES string of the molecule is CCNC(=NCc1nccn1C(F)F)N1CCN(C/C=C/c2ccccc2)CC1. The summed E-state index contributed by atoms with van der Waals surface area (Å²) in [7, 11) is 0. The van der Waals surface area contributed by atoms with Crippen LogP contribution in [0.1, 0.15) is 24.9 Å². The van der Waals surface area contributed by atoms with Crippen molar-refractivity contribution in [2.24, 2.45) is 4.99 Å². The van der Waals surface area contributed by atoms with Crippen LogP contribution in [0.5, 0.6) is 0 Å². The standard InChI is InChI=1S/C21H28F2N6/c1-2-24-21(26-17-19-25-10-12-29(19)20(22)23)28-15-13-27(14-16-28)11-6-9-18-7-4-3-5-8-18/h3-10,12,20H,2,11,13-17H2,1H3,(H,24,26)/b9-6+. The van der Waals surface area contributed by atoms with E-state index >= 15 is 0 Å². The second kappa shape index (κ2) is 10.7. The van der Waals surface area contributed by atoms with Gasteiger partial charge in [0.1, 0.15) is 12.4 Å². The van der Waals surface area contributed by atoms with E-state index in [9.17, 15) is 8.78 Å². The summed E-state index contributed by atoms with van der Waals surface area (Å²) in [6.45, 7) is 4.69. The minimum atomic E-state index is -2.60. The van der Waals surface area contributed by atoms with Crippen LogP contribution >= 0.6 is 0 Å². The number of halogens is 2. The fourth-order valence-electron chi connectivity index (χ4n) is 3.26. The van der Waals surface area contributed by atoms with E-state index in [0.717, 1.165) is 49.8 Å². The Kier molecular flexibility index (Phi) is 7.75. The van der Waals surface area contributed by atoms with Gasteiger partial charge in [-0.3, -0.25) is 9.47 Å². The Bertz CT molecular complexity index is 795. The Hall–Kier alpha value is -2.74. The Morgan fingerprint density at radius 1 is 1.21 bits per heavy atom. The van der Waals surface area contributed by atoms with Crippen molar-refractivity contribution in [3.05, 3.63) is 60.2 Å². The van der Waals surface area contributed by atoms with E-state index in [1.807, 2.05) is 25.1 Å². The van der Waals surface area contributed by atoms with E-state index in [0.29, 0.717) is 0 Å². The summed E-state index contributed by atoms with van der Waals surface area (Å²) in [5.74, 6) is 1.01. The van der Waals surface area contributed by atoms with Crippen molar-refractivity contribution in [1.82, 2.24) is 24.7 Å². The molecule has 2 aromatic rings. The largest absolute Gasteiger partial charge is 0.357 e. The number of hydrogen-bond donors (Lipinski definition) is 1. The minimum Gasteiger partial charge on any atom is -0.357 e. The lowest BCUT2D eigenvalue weighted by molar-refractivity contribution is 0.0670. The number of nitrogens with one attached hydrogen (secondary N) is 1. The number of guanidine groups is 1. The molecule has 3 rings (SSSR count). The van der Waals surface area contributed by atoms with Crippen molar-refractivity contribution in [3.8, 4) is 0 Å². The number of imidazole rings is 1. The molecule has 1 fully saturated rings. The normalized spacial score (nSPS) is 16.1. The third kappa shape index (κ3) is 6.12. The minimum absolute atomic E-state index is 0.125. The molecule has 156 valence electrons. The molecular formula is C21H28F2N6. The van der Waals surface area contributed by atoms with Gasteiger partial charge >= 0.3 is 6.55 Å². The van der Waals surface area contributed by atoms with Gasteiger partial charge in [-0.05, 0) is 12.5 Å². The van der Waals surface area contributed by atoms with Gasteiger partial charge in [0, 0.05) is 51.7 Å². The molecule has 1 aromatic carbocycles. The predicted octanol–water partition coefficient (Wildman–Crippen LogP) is 3.07. The van der Waals surface area contributed by atoms with Crippen molar-refractivity contribution in [1.29, 1.82) is 0 Å². The highest BCUT2D eigenvalue weighted by atomic mass is 19.3. The molecule has 0 radical (unpaired) electrons. The van der Waals surface area contributed by atoms with Gasteiger partial charge in [0.2, 0.25) is 0 Å². The van der Waals surface area contributed by atoms with E-state index in [2.05, 4.69) is 49.4 Å². The van der Waals surface area contributed by atoms with Crippen molar-refractivity contribution in [3.63, 3.8) is 0 Å². The molecule has 0 saturated carbocycles. The predicted molar refractivity (Wildman–Crippen MR) is 112 cm³/mol. The summed E-state index contributed by atoms with van der Waals surface area (Å²) in [5, 5.41) is 3.26. The number of rotatable bonds is 7. The molecule has 1 saturated heterocycles. The number of alkyl halides is 2. The van der Waals surface area contributed by atoms with Crippen LogP contribution in [0, 0.1) is 0 Å². The first-order chi connectivity index (χ1) is 14.2. The summed E-state index contributed by atoms with van der Waals surface area (Å²) in [5.41, 5.74) is 1.20. The maximum Gasteiger partial charge on any atom is 0.319 e. The second-order valence-electron chi connectivity index (χ2n) is 6.80. The van der Waals surface area contributed by atoms with E-state index in [4.69, 9.17) is 0 Å².